The molecule has 2 heterocycles. The highest BCUT2D eigenvalue weighted by atomic mass is 35.5. The number of hydrazine groups is 1. The van der Waals surface area contributed by atoms with Gasteiger partial charge in [-0.05, 0) is 36.8 Å². The lowest BCUT2D eigenvalue weighted by molar-refractivity contribution is -0.119. The van der Waals surface area contributed by atoms with Crippen molar-refractivity contribution in [1.29, 1.82) is 0 Å². The molecule has 0 aromatic heterocycles. The molecule has 0 spiro atoms. The summed E-state index contributed by atoms with van der Waals surface area (Å²) >= 11 is 13.6. The Labute approximate surface area is 186 Å². The topological polar surface area (TPSA) is 56.8 Å². The van der Waals surface area contributed by atoms with Gasteiger partial charge < -0.3 is 10.1 Å². The first-order valence-electron chi connectivity index (χ1n) is 9.47. The van der Waals surface area contributed by atoms with Gasteiger partial charge in [0.05, 0.1) is 33.5 Å². The highest BCUT2D eigenvalue weighted by Gasteiger charge is 2.21. The van der Waals surface area contributed by atoms with Crippen LogP contribution < -0.4 is 10.7 Å². The van der Waals surface area contributed by atoms with E-state index in [9.17, 15) is 4.79 Å². The van der Waals surface area contributed by atoms with Crippen LogP contribution >= 0.6 is 35.0 Å². The molecule has 1 amide bonds. The zero-order valence-electron chi connectivity index (χ0n) is 16.6. The monoisotopic (exact) mass is 456 g/mol. The van der Waals surface area contributed by atoms with Crippen LogP contribution in [-0.4, -0.2) is 61.0 Å². The Morgan fingerprint density at radius 3 is 2.93 bits per heavy atom. The number of rotatable bonds is 7. The Morgan fingerprint density at radius 1 is 1.34 bits per heavy atom. The minimum absolute atomic E-state index is 0.00293. The van der Waals surface area contributed by atoms with E-state index in [-0.39, 0.29) is 12.0 Å². The van der Waals surface area contributed by atoms with Crippen molar-refractivity contribution in [2.24, 2.45) is 0 Å². The molecular formula is C20H26Cl2N4O2S. The van der Waals surface area contributed by atoms with Crippen LogP contribution in [-0.2, 0) is 16.1 Å². The standard InChI is InChI=1S/C20H26Cl2N4O2S/c1-14-3-6-20(24-25(14)2)29-13-19(27)23-10-16-12-26(7-8-28-16)11-15-4-5-17(21)18(22)9-15/h3-6,9,16,24H,7-8,10-13H2,1-2H3,(H,23,27)/t16-/m0/s1. The van der Waals surface area contributed by atoms with E-state index in [4.69, 9.17) is 27.9 Å². The van der Waals surface area contributed by atoms with Crippen LogP contribution in [0.2, 0.25) is 10.0 Å². The predicted octanol–water partition coefficient (Wildman–Crippen LogP) is 3.24. The zero-order chi connectivity index (χ0) is 20.8. The van der Waals surface area contributed by atoms with Crippen molar-refractivity contribution in [1.82, 2.24) is 20.7 Å². The molecule has 2 aliphatic heterocycles. The quantitative estimate of drug-likeness (QED) is 0.656. The number of benzene rings is 1. The summed E-state index contributed by atoms with van der Waals surface area (Å²) in [5.41, 5.74) is 5.46. The molecular weight excluding hydrogens is 431 g/mol. The molecule has 2 aliphatic rings. The van der Waals surface area contributed by atoms with Gasteiger partial charge in [-0.3, -0.25) is 20.1 Å². The van der Waals surface area contributed by atoms with Gasteiger partial charge in [-0.2, -0.15) is 0 Å². The molecule has 0 unspecified atom stereocenters. The Kier molecular flexibility index (Phi) is 8.15. The van der Waals surface area contributed by atoms with E-state index >= 15 is 0 Å². The molecule has 3 rings (SSSR count). The highest BCUT2D eigenvalue weighted by Crippen LogP contribution is 2.23. The van der Waals surface area contributed by atoms with Crippen molar-refractivity contribution in [3.05, 3.63) is 56.7 Å². The molecule has 9 heteroatoms. The Morgan fingerprint density at radius 2 is 2.17 bits per heavy atom. The number of thioether (sulfide) groups is 1. The third kappa shape index (κ3) is 6.83. The molecule has 1 aromatic carbocycles. The van der Waals surface area contributed by atoms with Crippen molar-refractivity contribution in [3.63, 3.8) is 0 Å². The minimum Gasteiger partial charge on any atom is -0.374 e. The first kappa shape index (κ1) is 22.3. The molecule has 29 heavy (non-hydrogen) atoms. The SMILES string of the molecule is CC1=CC=C(SCC(=O)NC[C@H]2CN(Cc3ccc(Cl)c(Cl)c3)CCO2)NN1C. The largest absolute Gasteiger partial charge is 0.374 e. The Hall–Kier alpha value is -1.38. The van der Waals surface area contributed by atoms with Crippen LogP contribution in [0.1, 0.15) is 12.5 Å². The van der Waals surface area contributed by atoms with Crippen molar-refractivity contribution < 1.29 is 9.53 Å². The number of nitrogens with zero attached hydrogens (tertiary/aromatic N) is 2. The number of ether oxygens (including phenoxy) is 1. The highest BCUT2D eigenvalue weighted by molar-refractivity contribution is 8.03. The molecule has 158 valence electrons. The summed E-state index contributed by atoms with van der Waals surface area (Å²) in [4.78, 5) is 14.5. The second-order valence-corrected chi connectivity index (χ2v) is 8.91. The van der Waals surface area contributed by atoms with Gasteiger partial charge in [-0.1, -0.05) is 41.0 Å². The van der Waals surface area contributed by atoms with E-state index in [1.165, 1.54) is 11.8 Å². The Bertz CT molecular complexity index is 803. The zero-order valence-corrected chi connectivity index (χ0v) is 18.9. The molecule has 0 radical (unpaired) electrons. The Balaban J connectivity index is 1.40. The molecule has 1 saturated heterocycles. The summed E-state index contributed by atoms with van der Waals surface area (Å²) in [6.45, 7) is 5.55. The normalized spacial score (nSPS) is 20.0. The molecule has 6 nitrogen and oxygen atoms in total. The van der Waals surface area contributed by atoms with E-state index < -0.39 is 0 Å². The lowest BCUT2D eigenvalue weighted by atomic mass is 10.2. The second-order valence-electron chi connectivity index (χ2n) is 7.08. The van der Waals surface area contributed by atoms with Gasteiger partial charge in [0, 0.05) is 38.9 Å². The first-order valence-corrected chi connectivity index (χ1v) is 11.2. The fraction of sp³-hybridized carbons (Fsp3) is 0.450. The van der Waals surface area contributed by atoms with E-state index in [1.807, 2.05) is 49.3 Å². The van der Waals surface area contributed by atoms with Crippen molar-refractivity contribution >= 4 is 40.9 Å². The summed E-state index contributed by atoms with van der Waals surface area (Å²) in [5, 5.41) is 6.99. The first-order chi connectivity index (χ1) is 13.9. The average molecular weight is 457 g/mol. The summed E-state index contributed by atoms with van der Waals surface area (Å²) in [5.74, 6) is 0.357. The number of allylic oxidation sites excluding steroid dienone is 3. The second kappa shape index (κ2) is 10.6. The fourth-order valence-corrected chi connectivity index (χ4v) is 4.12. The maximum Gasteiger partial charge on any atom is 0.230 e. The van der Waals surface area contributed by atoms with Gasteiger partial charge >= 0.3 is 0 Å². The average Bonchev–Trinajstić information content (AvgIpc) is 2.70. The van der Waals surface area contributed by atoms with Gasteiger partial charge in [-0.25, -0.2) is 0 Å². The van der Waals surface area contributed by atoms with Gasteiger partial charge in [-0.15, -0.1) is 0 Å². The maximum atomic E-state index is 12.2. The molecule has 1 fully saturated rings. The van der Waals surface area contributed by atoms with Crippen LogP contribution in [0.25, 0.3) is 0 Å². The van der Waals surface area contributed by atoms with Crippen LogP contribution in [0.3, 0.4) is 0 Å². The number of morpholine rings is 1. The number of hydrogen-bond acceptors (Lipinski definition) is 6. The summed E-state index contributed by atoms with van der Waals surface area (Å²) < 4.78 is 5.81. The molecule has 0 aliphatic carbocycles. The van der Waals surface area contributed by atoms with Gasteiger partial charge in [0.15, 0.2) is 0 Å². The van der Waals surface area contributed by atoms with E-state index in [1.54, 1.807) is 0 Å². The van der Waals surface area contributed by atoms with E-state index in [0.29, 0.717) is 28.9 Å². The number of carbonyl (C=O) groups is 1. The number of carbonyl (C=O) groups excluding carboxylic acids is 1. The third-order valence-corrected chi connectivity index (χ3v) is 6.47. The fourth-order valence-electron chi connectivity index (χ4n) is 3.04. The van der Waals surface area contributed by atoms with Crippen LogP contribution in [0.5, 0.6) is 0 Å². The number of hydrogen-bond donors (Lipinski definition) is 2. The van der Waals surface area contributed by atoms with Gasteiger partial charge in [0.2, 0.25) is 5.91 Å². The number of halogens is 2. The molecule has 2 N–H and O–H groups in total. The third-order valence-electron chi connectivity index (χ3n) is 4.78. The summed E-state index contributed by atoms with van der Waals surface area (Å²) in [6, 6.07) is 5.70. The summed E-state index contributed by atoms with van der Waals surface area (Å²) in [6.07, 6.45) is 3.98. The van der Waals surface area contributed by atoms with Gasteiger partial charge in [0.1, 0.15) is 0 Å². The van der Waals surface area contributed by atoms with Crippen molar-refractivity contribution in [2.45, 2.75) is 19.6 Å². The molecule has 0 bridgehead atoms. The predicted molar refractivity (Wildman–Crippen MR) is 120 cm³/mol. The molecule has 0 saturated carbocycles. The van der Waals surface area contributed by atoms with E-state index in [2.05, 4.69) is 15.6 Å². The van der Waals surface area contributed by atoms with Crippen molar-refractivity contribution in [2.75, 3.05) is 39.0 Å². The lowest BCUT2D eigenvalue weighted by Crippen LogP contribution is -2.47. The maximum absolute atomic E-state index is 12.2. The smallest absolute Gasteiger partial charge is 0.230 e. The molecule has 1 atom stereocenters. The van der Waals surface area contributed by atoms with Crippen LogP contribution in [0.15, 0.2) is 41.1 Å². The van der Waals surface area contributed by atoms with Crippen LogP contribution in [0, 0.1) is 0 Å². The number of amides is 1. The van der Waals surface area contributed by atoms with Gasteiger partial charge in [0.25, 0.3) is 0 Å². The number of nitrogens with one attached hydrogen (secondary N) is 2. The molecule has 1 aromatic rings. The minimum atomic E-state index is -0.0239. The summed E-state index contributed by atoms with van der Waals surface area (Å²) in [7, 11) is 1.95. The van der Waals surface area contributed by atoms with Crippen LogP contribution in [0.4, 0.5) is 0 Å². The van der Waals surface area contributed by atoms with Crippen molar-refractivity contribution in [3.8, 4) is 0 Å². The van der Waals surface area contributed by atoms with E-state index in [0.717, 1.165) is 35.9 Å². The lowest BCUT2D eigenvalue weighted by Gasteiger charge is -2.33.